The molecule has 0 bridgehead atoms. The predicted molar refractivity (Wildman–Crippen MR) is 62.5 cm³/mol. The first-order valence-electron chi connectivity index (χ1n) is 6.22. The molecule has 0 spiro atoms. The lowest BCUT2D eigenvalue weighted by Gasteiger charge is -2.21. The van der Waals surface area contributed by atoms with Gasteiger partial charge in [0.25, 0.3) is 0 Å². The number of esters is 1. The summed E-state index contributed by atoms with van der Waals surface area (Å²) in [6.45, 7) is 5.24. The van der Waals surface area contributed by atoms with Crippen LogP contribution in [0.2, 0.25) is 0 Å². The van der Waals surface area contributed by atoms with Gasteiger partial charge in [-0.3, -0.25) is 9.59 Å². The zero-order valence-electron chi connectivity index (χ0n) is 10.6. The molecule has 1 unspecified atom stereocenters. The van der Waals surface area contributed by atoms with Crippen molar-refractivity contribution in [1.29, 1.82) is 0 Å². The van der Waals surface area contributed by atoms with Crippen molar-refractivity contribution >= 4 is 11.9 Å². The van der Waals surface area contributed by atoms with Crippen LogP contribution < -0.4 is 0 Å². The lowest BCUT2D eigenvalue weighted by molar-refractivity contribution is -0.149. The summed E-state index contributed by atoms with van der Waals surface area (Å²) in [4.78, 5) is 24.7. The summed E-state index contributed by atoms with van der Waals surface area (Å²) in [6, 6.07) is 0. The number of amides is 1. The fourth-order valence-corrected chi connectivity index (χ4v) is 1.87. The number of likely N-dealkylation sites (N-methyl/N-ethyl adjacent to an activating group) is 1. The Labute approximate surface area is 102 Å². The molecular formula is C12H21NO4. The van der Waals surface area contributed by atoms with Gasteiger partial charge < -0.3 is 14.4 Å². The first-order valence-corrected chi connectivity index (χ1v) is 6.22. The van der Waals surface area contributed by atoms with Crippen molar-refractivity contribution in [3.8, 4) is 0 Å². The average molecular weight is 243 g/mol. The summed E-state index contributed by atoms with van der Waals surface area (Å²) in [5.41, 5.74) is 0. The first kappa shape index (κ1) is 14.0. The fourth-order valence-electron chi connectivity index (χ4n) is 1.87. The number of hydrogen-bond donors (Lipinski definition) is 0. The van der Waals surface area contributed by atoms with E-state index in [-0.39, 0.29) is 24.5 Å². The highest BCUT2D eigenvalue weighted by molar-refractivity contribution is 5.82. The van der Waals surface area contributed by atoms with E-state index in [0.29, 0.717) is 19.6 Å². The maximum absolute atomic E-state index is 11.9. The molecule has 17 heavy (non-hydrogen) atoms. The van der Waals surface area contributed by atoms with Gasteiger partial charge in [0.1, 0.15) is 6.54 Å². The Kier molecular flexibility index (Phi) is 5.97. The van der Waals surface area contributed by atoms with Gasteiger partial charge in [-0.1, -0.05) is 0 Å². The van der Waals surface area contributed by atoms with Crippen LogP contribution in [0.5, 0.6) is 0 Å². The predicted octanol–water partition coefficient (Wildman–Crippen LogP) is 0.967. The molecule has 1 heterocycles. The molecule has 5 heteroatoms. The lowest BCUT2D eigenvalue weighted by atomic mass is 10.1. The molecule has 1 saturated heterocycles. The second-order valence-electron chi connectivity index (χ2n) is 4.05. The van der Waals surface area contributed by atoms with Gasteiger partial charge in [0.2, 0.25) is 5.91 Å². The Hall–Kier alpha value is -1.10. The normalized spacial score (nSPS) is 19.1. The quantitative estimate of drug-likeness (QED) is 0.652. The van der Waals surface area contributed by atoms with E-state index >= 15 is 0 Å². The van der Waals surface area contributed by atoms with E-state index < -0.39 is 0 Å². The van der Waals surface area contributed by atoms with Crippen molar-refractivity contribution in [3.63, 3.8) is 0 Å². The third kappa shape index (κ3) is 4.73. The Morgan fingerprint density at radius 1 is 1.41 bits per heavy atom. The third-order valence-corrected chi connectivity index (χ3v) is 2.79. The van der Waals surface area contributed by atoms with Gasteiger partial charge in [0.15, 0.2) is 0 Å². The van der Waals surface area contributed by atoms with E-state index in [2.05, 4.69) is 0 Å². The molecule has 98 valence electrons. The van der Waals surface area contributed by atoms with Crippen LogP contribution in [0.4, 0.5) is 0 Å². The summed E-state index contributed by atoms with van der Waals surface area (Å²) in [5, 5.41) is 0. The molecule has 0 aromatic carbocycles. The molecular weight excluding hydrogens is 222 g/mol. The minimum atomic E-state index is -0.352. The van der Waals surface area contributed by atoms with Gasteiger partial charge in [0.05, 0.1) is 19.1 Å². The van der Waals surface area contributed by atoms with E-state index in [0.717, 1.165) is 19.4 Å². The largest absolute Gasteiger partial charge is 0.465 e. The Bertz CT molecular complexity index is 261. The van der Waals surface area contributed by atoms with Gasteiger partial charge in [-0.25, -0.2) is 0 Å². The van der Waals surface area contributed by atoms with Crippen molar-refractivity contribution in [2.24, 2.45) is 0 Å². The maximum atomic E-state index is 11.9. The average Bonchev–Trinajstić information content (AvgIpc) is 2.78. The van der Waals surface area contributed by atoms with Crippen LogP contribution in [0.15, 0.2) is 0 Å². The Morgan fingerprint density at radius 2 is 2.18 bits per heavy atom. The monoisotopic (exact) mass is 243 g/mol. The molecule has 1 aliphatic heterocycles. The highest BCUT2D eigenvalue weighted by atomic mass is 16.5. The minimum Gasteiger partial charge on any atom is -0.465 e. The number of hydrogen-bond acceptors (Lipinski definition) is 4. The molecule has 0 aromatic heterocycles. The highest BCUT2D eigenvalue weighted by Gasteiger charge is 2.23. The highest BCUT2D eigenvalue weighted by Crippen LogP contribution is 2.16. The first-order chi connectivity index (χ1) is 8.17. The zero-order chi connectivity index (χ0) is 12.7. The molecule has 0 saturated carbocycles. The maximum Gasteiger partial charge on any atom is 0.325 e. The van der Waals surface area contributed by atoms with Gasteiger partial charge in [0, 0.05) is 13.2 Å². The molecule has 5 nitrogen and oxygen atoms in total. The zero-order valence-corrected chi connectivity index (χ0v) is 10.6. The van der Waals surface area contributed by atoms with E-state index in [4.69, 9.17) is 9.47 Å². The third-order valence-electron chi connectivity index (χ3n) is 2.79. The van der Waals surface area contributed by atoms with Crippen LogP contribution in [-0.4, -0.2) is 49.2 Å². The van der Waals surface area contributed by atoms with Crippen molar-refractivity contribution in [3.05, 3.63) is 0 Å². The van der Waals surface area contributed by atoms with Gasteiger partial charge in [-0.05, 0) is 26.7 Å². The number of carbonyl (C=O) groups is 2. The summed E-state index contributed by atoms with van der Waals surface area (Å²) in [7, 11) is 0. The van der Waals surface area contributed by atoms with Crippen molar-refractivity contribution in [1.82, 2.24) is 4.90 Å². The molecule has 0 aromatic rings. The second kappa shape index (κ2) is 7.27. The van der Waals surface area contributed by atoms with Crippen LogP contribution in [-0.2, 0) is 19.1 Å². The van der Waals surface area contributed by atoms with E-state index in [1.165, 1.54) is 4.90 Å². The lowest BCUT2D eigenvalue weighted by Crippen LogP contribution is -2.37. The van der Waals surface area contributed by atoms with E-state index in [1.54, 1.807) is 6.92 Å². The summed E-state index contributed by atoms with van der Waals surface area (Å²) in [5.74, 6) is -0.387. The van der Waals surface area contributed by atoms with Crippen molar-refractivity contribution < 1.29 is 19.1 Å². The van der Waals surface area contributed by atoms with Gasteiger partial charge >= 0.3 is 5.97 Å². The summed E-state index contributed by atoms with van der Waals surface area (Å²) in [6.07, 6.45) is 2.34. The topological polar surface area (TPSA) is 55.8 Å². The standard InChI is InChI=1S/C12H21NO4/c1-3-13(9-12(15)16-4-2)11(14)8-10-6-5-7-17-10/h10H,3-9H2,1-2H3. The van der Waals surface area contributed by atoms with Crippen LogP contribution in [0, 0.1) is 0 Å². The molecule has 1 aliphatic rings. The van der Waals surface area contributed by atoms with E-state index in [9.17, 15) is 9.59 Å². The molecule has 0 radical (unpaired) electrons. The van der Waals surface area contributed by atoms with Crippen molar-refractivity contribution in [2.45, 2.75) is 39.2 Å². The molecule has 1 atom stereocenters. The molecule has 1 rings (SSSR count). The molecule has 1 fully saturated rings. The SMILES string of the molecule is CCOC(=O)CN(CC)C(=O)CC1CCCO1. The fraction of sp³-hybridized carbons (Fsp3) is 0.833. The van der Waals surface area contributed by atoms with Gasteiger partial charge in [-0.15, -0.1) is 0 Å². The Balaban J connectivity index is 2.37. The Morgan fingerprint density at radius 3 is 2.71 bits per heavy atom. The molecule has 0 N–H and O–H groups in total. The van der Waals surface area contributed by atoms with Gasteiger partial charge in [-0.2, -0.15) is 0 Å². The number of nitrogens with zero attached hydrogens (tertiary/aromatic N) is 1. The number of carbonyl (C=O) groups excluding carboxylic acids is 2. The smallest absolute Gasteiger partial charge is 0.325 e. The molecule has 1 amide bonds. The number of rotatable bonds is 6. The van der Waals surface area contributed by atoms with E-state index in [1.807, 2.05) is 6.92 Å². The summed E-state index contributed by atoms with van der Waals surface area (Å²) >= 11 is 0. The second-order valence-corrected chi connectivity index (χ2v) is 4.05. The molecule has 0 aliphatic carbocycles. The van der Waals surface area contributed by atoms with Crippen LogP contribution in [0.3, 0.4) is 0 Å². The van der Waals surface area contributed by atoms with Crippen molar-refractivity contribution in [2.75, 3.05) is 26.3 Å². The minimum absolute atomic E-state index is 0.0266. The van der Waals surface area contributed by atoms with Crippen LogP contribution >= 0.6 is 0 Å². The summed E-state index contributed by atoms with van der Waals surface area (Å²) < 4.78 is 10.2. The number of ether oxygens (including phenoxy) is 2. The van der Waals surface area contributed by atoms with Crippen LogP contribution in [0.25, 0.3) is 0 Å². The van der Waals surface area contributed by atoms with Crippen LogP contribution in [0.1, 0.15) is 33.1 Å².